The van der Waals surface area contributed by atoms with Crippen LogP contribution in [-0.2, 0) is 17.9 Å². The van der Waals surface area contributed by atoms with Crippen molar-refractivity contribution in [2.45, 2.75) is 44.9 Å². The minimum atomic E-state index is -0.471. The summed E-state index contributed by atoms with van der Waals surface area (Å²) < 4.78 is 8.03. The second-order valence-corrected chi connectivity index (χ2v) is 6.98. The van der Waals surface area contributed by atoms with E-state index in [1.165, 1.54) is 0 Å². The quantitative estimate of drug-likeness (QED) is 0.901. The molecule has 0 saturated carbocycles. The number of carbonyl (C=O) groups is 1. The lowest BCUT2D eigenvalue weighted by Gasteiger charge is -2.33. The molecule has 3 heterocycles. The second kappa shape index (κ2) is 7.45. The molecule has 1 amide bonds. The lowest BCUT2D eigenvalue weighted by Crippen LogP contribution is -2.44. The third kappa shape index (κ3) is 3.44. The van der Waals surface area contributed by atoms with Gasteiger partial charge in [0, 0.05) is 32.1 Å². The summed E-state index contributed by atoms with van der Waals surface area (Å²) in [7, 11) is 0. The first-order valence-corrected chi connectivity index (χ1v) is 9.35. The van der Waals surface area contributed by atoms with Crippen LogP contribution >= 0.6 is 0 Å². The maximum Gasteiger partial charge on any atom is 0.263 e. The van der Waals surface area contributed by atoms with Gasteiger partial charge in [-0.15, -0.1) is 10.2 Å². The minimum Gasteiger partial charge on any atom is -0.481 e. The predicted molar refractivity (Wildman–Crippen MR) is 96.8 cm³/mol. The van der Waals surface area contributed by atoms with E-state index in [1.807, 2.05) is 42.2 Å². The number of amides is 1. The van der Waals surface area contributed by atoms with E-state index >= 15 is 0 Å². The van der Waals surface area contributed by atoms with Crippen molar-refractivity contribution >= 4 is 5.91 Å². The number of nitrogens with one attached hydrogen (secondary N) is 1. The molecule has 4 rings (SSSR count). The molecule has 1 atom stereocenters. The summed E-state index contributed by atoms with van der Waals surface area (Å²) >= 11 is 0. The summed E-state index contributed by atoms with van der Waals surface area (Å²) in [6.45, 7) is 5.99. The van der Waals surface area contributed by atoms with Crippen LogP contribution in [0.15, 0.2) is 30.3 Å². The molecule has 1 N–H and O–H groups in total. The Bertz CT molecular complexity index is 753. The van der Waals surface area contributed by atoms with Crippen LogP contribution in [-0.4, -0.2) is 51.3 Å². The van der Waals surface area contributed by atoms with Gasteiger partial charge in [-0.25, -0.2) is 0 Å². The van der Waals surface area contributed by atoms with Crippen LogP contribution in [0.2, 0.25) is 0 Å². The summed E-state index contributed by atoms with van der Waals surface area (Å²) in [6, 6.07) is 9.50. The topological polar surface area (TPSA) is 72.3 Å². The third-order valence-corrected chi connectivity index (χ3v) is 5.23. The molecule has 1 aromatic carbocycles. The first-order chi connectivity index (χ1) is 12.7. The van der Waals surface area contributed by atoms with Gasteiger partial charge < -0.3 is 19.5 Å². The van der Waals surface area contributed by atoms with Crippen molar-refractivity contribution in [1.82, 2.24) is 25.0 Å². The van der Waals surface area contributed by atoms with Crippen LogP contribution < -0.4 is 10.1 Å². The molecule has 0 aliphatic carbocycles. The number of fused-ring (bicyclic) bond motifs is 1. The molecule has 0 bridgehead atoms. The number of nitrogens with zero attached hydrogens (tertiary/aromatic N) is 4. The van der Waals surface area contributed by atoms with Crippen molar-refractivity contribution in [3.63, 3.8) is 0 Å². The van der Waals surface area contributed by atoms with Crippen molar-refractivity contribution in [3.8, 4) is 5.75 Å². The fourth-order valence-corrected chi connectivity index (χ4v) is 3.79. The number of rotatable bonds is 4. The average Bonchev–Trinajstić information content (AvgIpc) is 3.12. The number of hydrogen-bond acceptors (Lipinski definition) is 5. The summed E-state index contributed by atoms with van der Waals surface area (Å²) in [6.07, 6.45) is 1.38. The van der Waals surface area contributed by atoms with Crippen molar-refractivity contribution in [1.29, 1.82) is 0 Å². The molecule has 26 heavy (non-hydrogen) atoms. The zero-order valence-corrected chi connectivity index (χ0v) is 15.1. The zero-order chi connectivity index (χ0) is 17.9. The second-order valence-electron chi connectivity index (χ2n) is 6.98. The molecule has 7 nitrogen and oxygen atoms in total. The van der Waals surface area contributed by atoms with E-state index in [0.29, 0.717) is 5.92 Å². The number of para-hydroxylation sites is 1. The maximum absolute atomic E-state index is 12.7. The van der Waals surface area contributed by atoms with E-state index in [2.05, 4.69) is 20.1 Å². The third-order valence-electron chi connectivity index (χ3n) is 5.23. The highest BCUT2D eigenvalue weighted by atomic mass is 16.5. The molecule has 0 radical (unpaired) electrons. The van der Waals surface area contributed by atoms with Crippen LogP contribution in [0.4, 0.5) is 0 Å². The summed E-state index contributed by atoms with van der Waals surface area (Å²) in [5, 5.41) is 12.1. The highest BCUT2D eigenvalue weighted by Gasteiger charge is 2.30. The van der Waals surface area contributed by atoms with Gasteiger partial charge in [-0.3, -0.25) is 4.79 Å². The molecular formula is C19H25N5O2. The van der Waals surface area contributed by atoms with E-state index in [4.69, 9.17) is 4.74 Å². The highest BCUT2D eigenvalue weighted by molar-refractivity contribution is 5.81. The van der Waals surface area contributed by atoms with Gasteiger partial charge in [0.1, 0.15) is 17.4 Å². The summed E-state index contributed by atoms with van der Waals surface area (Å²) in [4.78, 5) is 14.6. The SMILES string of the molecule is CC(Oc1ccccc1)C(=O)N1CCC(c2nnc3n2CCNC3)CC1. The smallest absolute Gasteiger partial charge is 0.263 e. The van der Waals surface area contributed by atoms with Crippen molar-refractivity contribution in [2.75, 3.05) is 19.6 Å². The molecule has 2 aromatic rings. The molecule has 2 aliphatic rings. The molecule has 0 spiro atoms. The first-order valence-electron chi connectivity index (χ1n) is 9.35. The Labute approximate surface area is 153 Å². The fraction of sp³-hybridized carbons (Fsp3) is 0.526. The molecule has 2 aliphatic heterocycles. The minimum absolute atomic E-state index is 0.0553. The Kier molecular flexibility index (Phi) is 4.88. The molecule has 7 heteroatoms. The van der Waals surface area contributed by atoms with Gasteiger partial charge in [-0.2, -0.15) is 0 Å². The van der Waals surface area contributed by atoms with Gasteiger partial charge >= 0.3 is 0 Å². The summed E-state index contributed by atoms with van der Waals surface area (Å²) in [5.41, 5.74) is 0. The Morgan fingerprint density at radius 3 is 2.73 bits per heavy atom. The fourth-order valence-electron chi connectivity index (χ4n) is 3.79. The maximum atomic E-state index is 12.7. The molecule has 1 unspecified atom stereocenters. The van der Waals surface area contributed by atoms with Gasteiger partial charge in [-0.1, -0.05) is 18.2 Å². The normalized spacial score (nSPS) is 19.0. The average molecular weight is 355 g/mol. The Morgan fingerprint density at radius 1 is 1.19 bits per heavy atom. The molecular weight excluding hydrogens is 330 g/mol. The van der Waals surface area contributed by atoms with E-state index < -0.39 is 6.10 Å². The zero-order valence-electron chi connectivity index (χ0n) is 15.1. The van der Waals surface area contributed by atoms with Crippen molar-refractivity contribution in [3.05, 3.63) is 42.0 Å². The van der Waals surface area contributed by atoms with Crippen LogP contribution in [0, 0.1) is 0 Å². The van der Waals surface area contributed by atoms with Crippen molar-refractivity contribution < 1.29 is 9.53 Å². The standard InChI is InChI=1S/C19H25N5O2/c1-14(26-16-5-3-2-4-6-16)19(25)23-10-7-15(8-11-23)18-22-21-17-13-20-9-12-24(17)18/h2-6,14-15,20H,7-13H2,1H3. The predicted octanol–water partition coefficient (Wildman–Crippen LogP) is 1.55. The van der Waals surface area contributed by atoms with Crippen LogP contribution in [0.1, 0.15) is 37.3 Å². The van der Waals surface area contributed by atoms with Gasteiger partial charge in [0.2, 0.25) is 0 Å². The van der Waals surface area contributed by atoms with Gasteiger partial charge in [0.25, 0.3) is 5.91 Å². The van der Waals surface area contributed by atoms with E-state index in [-0.39, 0.29) is 5.91 Å². The first kappa shape index (κ1) is 17.0. The van der Waals surface area contributed by atoms with E-state index in [9.17, 15) is 4.79 Å². The summed E-state index contributed by atoms with van der Waals surface area (Å²) in [5.74, 6) is 3.27. The van der Waals surface area contributed by atoms with E-state index in [0.717, 1.165) is 63.0 Å². The number of hydrogen-bond donors (Lipinski definition) is 1. The number of likely N-dealkylation sites (tertiary alicyclic amines) is 1. The number of ether oxygens (including phenoxy) is 1. The number of benzene rings is 1. The lowest BCUT2D eigenvalue weighted by molar-refractivity contribution is -0.139. The Balaban J connectivity index is 1.34. The van der Waals surface area contributed by atoms with Gasteiger partial charge in [0.15, 0.2) is 6.10 Å². The van der Waals surface area contributed by atoms with E-state index in [1.54, 1.807) is 0 Å². The number of aromatic nitrogens is 3. The van der Waals surface area contributed by atoms with Gasteiger partial charge in [-0.05, 0) is 31.9 Å². The Hall–Kier alpha value is -2.41. The number of carbonyl (C=O) groups excluding carboxylic acids is 1. The molecule has 1 aromatic heterocycles. The number of piperidine rings is 1. The lowest BCUT2D eigenvalue weighted by atomic mass is 9.95. The highest BCUT2D eigenvalue weighted by Crippen LogP contribution is 2.28. The van der Waals surface area contributed by atoms with Gasteiger partial charge in [0.05, 0.1) is 6.54 Å². The largest absolute Gasteiger partial charge is 0.481 e. The Morgan fingerprint density at radius 2 is 1.96 bits per heavy atom. The van der Waals surface area contributed by atoms with Crippen LogP contribution in [0.5, 0.6) is 5.75 Å². The monoisotopic (exact) mass is 355 g/mol. The van der Waals surface area contributed by atoms with Crippen LogP contribution in [0.25, 0.3) is 0 Å². The molecule has 1 saturated heterocycles. The molecule has 138 valence electrons. The van der Waals surface area contributed by atoms with Crippen molar-refractivity contribution in [2.24, 2.45) is 0 Å². The molecule has 1 fully saturated rings. The van der Waals surface area contributed by atoms with Crippen LogP contribution in [0.3, 0.4) is 0 Å².